The van der Waals surface area contributed by atoms with Crippen LogP contribution in [0.2, 0.25) is 0 Å². The van der Waals surface area contributed by atoms with Gasteiger partial charge in [0.15, 0.2) is 6.29 Å². The van der Waals surface area contributed by atoms with Gasteiger partial charge < -0.3 is 9.47 Å². The van der Waals surface area contributed by atoms with Gasteiger partial charge in [-0.2, -0.15) is 0 Å². The molecule has 2 nitrogen and oxygen atoms in total. The van der Waals surface area contributed by atoms with Crippen LogP contribution in [0.1, 0.15) is 27.7 Å². The zero-order chi connectivity index (χ0) is 10.7. The molecule has 2 heteroatoms. The van der Waals surface area contributed by atoms with Crippen LogP contribution in [0.3, 0.4) is 0 Å². The summed E-state index contributed by atoms with van der Waals surface area (Å²) >= 11 is 0. The van der Waals surface area contributed by atoms with Crippen molar-refractivity contribution in [3.63, 3.8) is 0 Å². The van der Waals surface area contributed by atoms with Gasteiger partial charge in [-0.25, -0.2) is 0 Å². The van der Waals surface area contributed by atoms with Crippen molar-refractivity contribution in [3.8, 4) is 0 Å². The summed E-state index contributed by atoms with van der Waals surface area (Å²) in [6.45, 7) is 13.1. The summed E-state index contributed by atoms with van der Waals surface area (Å²) in [6, 6.07) is 0. The first-order chi connectivity index (χ1) is 6.57. The van der Waals surface area contributed by atoms with E-state index in [1.165, 1.54) is 0 Å². The molecule has 1 fully saturated rings. The summed E-state index contributed by atoms with van der Waals surface area (Å²) in [7, 11) is 0. The van der Waals surface area contributed by atoms with Crippen LogP contribution in [-0.4, -0.2) is 19.0 Å². The molecule has 1 aliphatic heterocycles. The first-order valence-electron chi connectivity index (χ1n) is 5.46. The fraction of sp³-hybridized carbons (Fsp3) is 0.833. The standard InChI is InChI=1S/C12H22O2/c1-6-7-13-12-10(4)8(2)9(3)11(5)14-12/h6,8-12H,1,7H2,2-5H3/t8-,9+,10?,11?,12-/m0/s1. The molecule has 0 aliphatic carbocycles. The number of ether oxygens (including phenoxy) is 2. The number of rotatable bonds is 3. The fourth-order valence-electron chi connectivity index (χ4n) is 1.97. The lowest BCUT2D eigenvalue weighted by molar-refractivity contribution is -0.239. The highest BCUT2D eigenvalue weighted by atomic mass is 16.7. The Morgan fingerprint density at radius 2 is 1.79 bits per heavy atom. The SMILES string of the molecule is C=CCO[C@H]1OC(C)[C@H](C)[C@H](C)C1C. The van der Waals surface area contributed by atoms with Gasteiger partial charge >= 0.3 is 0 Å². The van der Waals surface area contributed by atoms with Crippen molar-refractivity contribution >= 4 is 0 Å². The van der Waals surface area contributed by atoms with E-state index in [1.807, 2.05) is 0 Å². The maximum absolute atomic E-state index is 5.81. The van der Waals surface area contributed by atoms with Crippen molar-refractivity contribution in [3.05, 3.63) is 12.7 Å². The highest BCUT2D eigenvalue weighted by Gasteiger charge is 2.37. The predicted molar refractivity (Wildman–Crippen MR) is 58.0 cm³/mol. The third-order valence-electron chi connectivity index (χ3n) is 3.56. The van der Waals surface area contributed by atoms with E-state index < -0.39 is 0 Å². The monoisotopic (exact) mass is 198 g/mol. The minimum absolute atomic E-state index is 0.0609. The van der Waals surface area contributed by atoms with Gasteiger partial charge in [-0.05, 0) is 18.8 Å². The van der Waals surface area contributed by atoms with E-state index in [1.54, 1.807) is 6.08 Å². The summed E-state index contributed by atoms with van der Waals surface area (Å²) in [6.07, 6.45) is 1.99. The van der Waals surface area contributed by atoms with Gasteiger partial charge in [0.2, 0.25) is 0 Å². The molecule has 0 bridgehead atoms. The molecule has 1 saturated heterocycles. The van der Waals surface area contributed by atoms with Crippen molar-refractivity contribution in [2.24, 2.45) is 17.8 Å². The smallest absolute Gasteiger partial charge is 0.161 e. The second kappa shape index (κ2) is 4.94. The normalized spacial score (nSPS) is 43.6. The number of hydrogen-bond acceptors (Lipinski definition) is 2. The van der Waals surface area contributed by atoms with Crippen molar-refractivity contribution in [1.82, 2.24) is 0 Å². The van der Waals surface area contributed by atoms with Gasteiger partial charge in [0.25, 0.3) is 0 Å². The Bertz CT molecular complexity index is 191. The van der Waals surface area contributed by atoms with E-state index in [-0.39, 0.29) is 12.4 Å². The highest BCUT2D eigenvalue weighted by Crippen LogP contribution is 2.34. The lowest BCUT2D eigenvalue weighted by atomic mass is 9.79. The summed E-state index contributed by atoms with van der Waals surface area (Å²) < 4.78 is 11.4. The molecule has 82 valence electrons. The number of hydrogen-bond donors (Lipinski definition) is 0. The average molecular weight is 198 g/mol. The van der Waals surface area contributed by atoms with E-state index in [4.69, 9.17) is 9.47 Å². The van der Waals surface area contributed by atoms with E-state index in [2.05, 4.69) is 34.3 Å². The predicted octanol–water partition coefficient (Wildman–Crippen LogP) is 2.84. The largest absolute Gasteiger partial charge is 0.349 e. The van der Waals surface area contributed by atoms with E-state index in [0.717, 1.165) is 0 Å². The lowest BCUT2D eigenvalue weighted by Gasteiger charge is -2.42. The Labute approximate surface area is 87.3 Å². The topological polar surface area (TPSA) is 18.5 Å². The van der Waals surface area contributed by atoms with Crippen molar-refractivity contribution < 1.29 is 9.47 Å². The van der Waals surface area contributed by atoms with Gasteiger partial charge in [0, 0.05) is 5.92 Å². The molecule has 14 heavy (non-hydrogen) atoms. The summed E-state index contributed by atoms with van der Waals surface area (Å²) in [5.74, 6) is 1.71. The molecular formula is C12H22O2. The molecule has 0 aromatic rings. The van der Waals surface area contributed by atoms with Crippen LogP contribution in [0.15, 0.2) is 12.7 Å². The Morgan fingerprint density at radius 1 is 1.14 bits per heavy atom. The molecule has 1 heterocycles. The molecule has 0 saturated carbocycles. The zero-order valence-corrected chi connectivity index (χ0v) is 9.69. The molecule has 0 aromatic carbocycles. The summed E-state index contributed by atoms with van der Waals surface area (Å²) in [5.41, 5.74) is 0. The first kappa shape index (κ1) is 11.7. The van der Waals surface area contributed by atoms with Gasteiger partial charge in [0.1, 0.15) is 0 Å². The second-order valence-electron chi connectivity index (χ2n) is 4.41. The molecular weight excluding hydrogens is 176 g/mol. The van der Waals surface area contributed by atoms with E-state index >= 15 is 0 Å². The molecule has 5 atom stereocenters. The zero-order valence-electron chi connectivity index (χ0n) is 9.69. The quantitative estimate of drug-likeness (QED) is 0.649. The van der Waals surface area contributed by atoms with Gasteiger partial charge in [-0.1, -0.05) is 26.8 Å². The molecule has 0 aromatic heterocycles. The van der Waals surface area contributed by atoms with Crippen LogP contribution < -0.4 is 0 Å². The van der Waals surface area contributed by atoms with Gasteiger partial charge in [0.05, 0.1) is 12.7 Å². The average Bonchev–Trinajstić information content (AvgIpc) is 2.18. The Hall–Kier alpha value is -0.340. The highest BCUT2D eigenvalue weighted by molar-refractivity contribution is 4.81. The van der Waals surface area contributed by atoms with Crippen LogP contribution in [0.4, 0.5) is 0 Å². The Kier molecular flexibility index (Phi) is 4.14. The van der Waals surface area contributed by atoms with Gasteiger partial charge in [-0.15, -0.1) is 6.58 Å². The molecule has 2 unspecified atom stereocenters. The van der Waals surface area contributed by atoms with Crippen LogP contribution in [0.5, 0.6) is 0 Å². The Morgan fingerprint density at radius 3 is 2.36 bits per heavy atom. The molecule has 1 rings (SSSR count). The molecule has 0 N–H and O–H groups in total. The van der Waals surface area contributed by atoms with Crippen molar-refractivity contribution in [2.45, 2.75) is 40.1 Å². The molecule has 0 spiro atoms. The van der Waals surface area contributed by atoms with Crippen molar-refractivity contribution in [2.75, 3.05) is 6.61 Å². The van der Waals surface area contributed by atoms with Crippen LogP contribution in [0, 0.1) is 17.8 Å². The van der Waals surface area contributed by atoms with Crippen LogP contribution in [0.25, 0.3) is 0 Å². The van der Waals surface area contributed by atoms with Crippen LogP contribution in [-0.2, 0) is 9.47 Å². The van der Waals surface area contributed by atoms with E-state index in [0.29, 0.717) is 24.4 Å². The minimum Gasteiger partial charge on any atom is -0.349 e. The maximum atomic E-state index is 5.81. The fourth-order valence-corrected chi connectivity index (χ4v) is 1.97. The first-order valence-corrected chi connectivity index (χ1v) is 5.46. The molecule has 0 radical (unpaired) electrons. The molecule has 1 aliphatic rings. The maximum Gasteiger partial charge on any atom is 0.161 e. The van der Waals surface area contributed by atoms with E-state index in [9.17, 15) is 0 Å². The third kappa shape index (κ3) is 2.37. The second-order valence-corrected chi connectivity index (χ2v) is 4.41. The van der Waals surface area contributed by atoms with Gasteiger partial charge in [-0.3, -0.25) is 0 Å². The van der Waals surface area contributed by atoms with Crippen molar-refractivity contribution in [1.29, 1.82) is 0 Å². The Balaban J connectivity index is 2.55. The molecule has 0 amide bonds. The summed E-state index contributed by atoms with van der Waals surface area (Å²) in [5, 5.41) is 0. The third-order valence-corrected chi connectivity index (χ3v) is 3.56. The van der Waals surface area contributed by atoms with Crippen LogP contribution >= 0.6 is 0 Å². The lowest BCUT2D eigenvalue weighted by Crippen LogP contribution is -2.44. The minimum atomic E-state index is -0.0609. The summed E-state index contributed by atoms with van der Waals surface area (Å²) in [4.78, 5) is 0.